The third kappa shape index (κ3) is 5.28. The monoisotopic (exact) mass is 553 g/mol. The fraction of sp³-hybridized carbons (Fsp3) is 0.621. The van der Waals surface area contributed by atoms with Gasteiger partial charge in [0.05, 0.1) is 45.2 Å². The van der Waals surface area contributed by atoms with Crippen molar-refractivity contribution in [2.75, 3.05) is 42.7 Å². The third-order valence-corrected chi connectivity index (χ3v) is 11.8. The number of ether oxygens (including phenoxy) is 1. The minimum absolute atomic E-state index is 0.0716. The predicted octanol–water partition coefficient (Wildman–Crippen LogP) is 5.09. The number of carbonyl (C=O) groups excluding carboxylic acids is 1. The van der Waals surface area contributed by atoms with E-state index in [0.717, 1.165) is 78.4 Å². The summed E-state index contributed by atoms with van der Waals surface area (Å²) in [5, 5.41) is 10.7. The zero-order valence-corrected chi connectivity index (χ0v) is 23.4. The van der Waals surface area contributed by atoms with Crippen LogP contribution in [0.1, 0.15) is 73.9 Å². The maximum atomic E-state index is 13.5. The smallest absolute Gasteiger partial charge is 0.153 e. The van der Waals surface area contributed by atoms with Crippen LogP contribution in [-0.4, -0.2) is 57.0 Å². The summed E-state index contributed by atoms with van der Waals surface area (Å²) < 4.78 is 29.4. The highest BCUT2D eigenvalue weighted by Gasteiger charge is 2.47. The lowest BCUT2D eigenvalue weighted by Gasteiger charge is -2.31. The fourth-order valence-electron chi connectivity index (χ4n) is 6.29. The van der Waals surface area contributed by atoms with Crippen LogP contribution in [0.4, 0.5) is 5.69 Å². The van der Waals surface area contributed by atoms with Gasteiger partial charge in [-0.25, -0.2) is 13.4 Å². The minimum atomic E-state index is -2.92. The van der Waals surface area contributed by atoms with Crippen molar-refractivity contribution in [1.29, 1.82) is 5.26 Å². The van der Waals surface area contributed by atoms with Gasteiger partial charge < -0.3 is 9.64 Å². The summed E-state index contributed by atoms with van der Waals surface area (Å²) in [6.07, 6.45) is 7.01. The number of benzene rings is 1. The van der Waals surface area contributed by atoms with Crippen LogP contribution in [0.25, 0.3) is 10.4 Å². The molecule has 7 nitrogen and oxygen atoms in total. The van der Waals surface area contributed by atoms with Crippen LogP contribution in [0.15, 0.2) is 24.3 Å². The lowest BCUT2D eigenvalue weighted by molar-refractivity contribution is -0.125. The SMILES string of the molecule is N#CC1(CC(=O)[C@@H]2CCCC[C@H]2c2nc(C3CCOC3)sc2-c2ccc(N3CCS(=O)(=O)CC3)cc2)CC1. The van der Waals surface area contributed by atoms with Crippen LogP contribution in [-0.2, 0) is 19.4 Å². The Morgan fingerprint density at radius 1 is 1.13 bits per heavy atom. The molecule has 9 heteroatoms. The molecule has 2 aromatic rings. The summed E-state index contributed by atoms with van der Waals surface area (Å²) in [7, 11) is -2.92. The van der Waals surface area contributed by atoms with E-state index in [0.29, 0.717) is 32.0 Å². The first-order valence-electron chi connectivity index (χ1n) is 13.9. The Morgan fingerprint density at radius 2 is 1.87 bits per heavy atom. The minimum Gasteiger partial charge on any atom is -0.381 e. The Morgan fingerprint density at radius 3 is 2.53 bits per heavy atom. The predicted molar refractivity (Wildman–Crippen MR) is 148 cm³/mol. The number of carbonyl (C=O) groups is 1. The van der Waals surface area contributed by atoms with Gasteiger partial charge >= 0.3 is 0 Å². The number of aromatic nitrogens is 1. The van der Waals surface area contributed by atoms with E-state index in [-0.39, 0.29) is 29.1 Å². The number of nitrogens with zero attached hydrogens (tertiary/aromatic N) is 3. The molecule has 0 N–H and O–H groups in total. The number of nitriles is 1. The zero-order valence-electron chi connectivity index (χ0n) is 21.7. The average molecular weight is 554 g/mol. The first-order chi connectivity index (χ1) is 18.4. The zero-order chi connectivity index (χ0) is 26.3. The molecule has 1 aromatic heterocycles. The maximum Gasteiger partial charge on any atom is 0.153 e. The number of sulfone groups is 1. The summed E-state index contributed by atoms with van der Waals surface area (Å²) in [5.41, 5.74) is 2.77. The molecule has 202 valence electrons. The molecule has 1 aromatic carbocycles. The van der Waals surface area contributed by atoms with Crippen LogP contribution >= 0.6 is 11.3 Å². The molecule has 0 bridgehead atoms. The second kappa shape index (κ2) is 10.4. The standard InChI is InChI=1S/C29H35N3O4S2/c30-19-29(10-11-29)17-25(33)23-3-1-2-4-24(23)26-27(37-28(31-26)21-9-14-36-18-21)20-5-7-22(8-6-20)32-12-15-38(34,35)16-13-32/h5-8,21,23-24H,1-4,9-18H2/t21?,23-,24-/m1/s1. The van der Waals surface area contributed by atoms with Crippen molar-refractivity contribution in [2.24, 2.45) is 11.3 Å². The van der Waals surface area contributed by atoms with E-state index < -0.39 is 15.3 Å². The van der Waals surface area contributed by atoms with Crippen molar-refractivity contribution in [3.05, 3.63) is 35.0 Å². The lowest BCUT2D eigenvalue weighted by Crippen LogP contribution is -2.40. The summed E-state index contributed by atoms with van der Waals surface area (Å²) in [6.45, 7) is 2.50. The van der Waals surface area contributed by atoms with E-state index in [4.69, 9.17) is 9.72 Å². The summed E-state index contributed by atoms with van der Waals surface area (Å²) in [5.74, 6) is 0.954. The molecular formula is C29H35N3O4S2. The Bertz CT molecular complexity index is 1320. The lowest BCUT2D eigenvalue weighted by atomic mass is 9.73. The molecule has 0 radical (unpaired) electrons. The molecule has 2 aliphatic heterocycles. The van der Waals surface area contributed by atoms with Gasteiger partial charge in [-0.2, -0.15) is 5.26 Å². The van der Waals surface area contributed by atoms with Gasteiger partial charge in [0.15, 0.2) is 9.84 Å². The highest BCUT2D eigenvalue weighted by Crippen LogP contribution is 2.51. The number of Topliss-reactive ketones (excluding diaryl/α,β-unsaturated/α-hetero) is 1. The van der Waals surface area contributed by atoms with Crippen LogP contribution in [0.5, 0.6) is 0 Å². The molecule has 0 amide bonds. The van der Waals surface area contributed by atoms with Crippen LogP contribution in [0.3, 0.4) is 0 Å². The van der Waals surface area contributed by atoms with Gasteiger partial charge in [0.2, 0.25) is 0 Å². The van der Waals surface area contributed by atoms with E-state index in [9.17, 15) is 18.5 Å². The van der Waals surface area contributed by atoms with E-state index in [1.165, 1.54) is 0 Å². The molecule has 3 atom stereocenters. The third-order valence-electron chi connectivity index (χ3n) is 8.92. The maximum absolute atomic E-state index is 13.5. The molecule has 2 saturated heterocycles. The highest BCUT2D eigenvalue weighted by atomic mass is 32.2. The van der Waals surface area contributed by atoms with E-state index in [2.05, 4.69) is 35.2 Å². The molecule has 2 aliphatic carbocycles. The number of ketones is 1. The van der Waals surface area contributed by atoms with E-state index in [1.54, 1.807) is 11.3 Å². The molecule has 38 heavy (non-hydrogen) atoms. The van der Waals surface area contributed by atoms with Gasteiger partial charge in [-0.3, -0.25) is 4.79 Å². The quantitative estimate of drug-likeness (QED) is 0.471. The molecule has 4 fully saturated rings. The number of hydrogen-bond donors (Lipinski definition) is 0. The molecular weight excluding hydrogens is 518 g/mol. The van der Waals surface area contributed by atoms with Gasteiger partial charge in [0, 0.05) is 49.6 Å². The van der Waals surface area contributed by atoms with Crippen LogP contribution in [0, 0.1) is 22.7 Å². The van der Waals surface area contributed by atoms with E-state index in [1.807, 2.05) is 0 Å². The number of anilines is 1. The number of thiazole rings is 1. The molecule has 4 aliphatic rings. The number of rotatable bonds is 7. The molecule has 3 heterocycles. The van der Waals surface area contributed by atoms with Gasteiger partial charge in [-0.15, -0.1) is 11.3 Å². The van der Waals surface area contributed by atoms with Crippen molar-refractivity contribution >= 4 is 32.6 Å². The first-order valence-corrected chi connectivity index (χ1v) is 16.6. The van der Waals surface area contributed by atoms with Crippen molar-refractivity contribution in [2.45, 2.75) is 63.2 Å². The Hall–Kier alpha value is -2.28. The van der Waals surface area contributed by atoms with Crippen molar-refractivity contribution in [3.8, 4) is 16.5 Å². The van der Waals surface area contributed by atoms with Gasteiger partial charge in [-0.05, 0) is 49.8 Å². The largest absolute Gasteiger partial charge is 0.381 e. The topological polar surface area (TPSA) is 100 Å². The summed E-state index contributed by atoms with van der Waals surface area (Å²) >= 11 is 1.74. The molecule has 0 spiro atoms. The summed E-state index contributed by atoms with van der Waals surface area (Å²) in [4.78, 5) is 22.0. The summed E-state index contributed by atoms with van der Waals surface area (Å²) in [6, 6.07) is 10.8. The molecule has 1 unspecified atom stereocenters. The highest BCUT2D eigenvalue weighted by molar-refractivity contribution is 7.91. The van der Waals surface area contributed by atoms with Crippen molar-refractivity contribution < 1.29 is 17.9 Å². The second-order valence-corrected chi connectivity index (χ2v) is 14.9. The molecule has 6 rings (SSSR count). The van der Waals surface area contributed by atoms with Gasteiger partial charge in [0.1, 0.15) is 5.78 Å². The number of hydrogen-bond acceptors (Lipinski definition) is 8. The van der Waals surface area contributed by atoms with Crippen LogP contribution in [0.2, 0.25) is 0 Å². The van der Waals surface area contributed by atoms with Gasteiger partial charge in [0.25, 0.3) is 0 Å². The second-order valence-electron chi connectivity index (χ2n) is 11.5. The Kier molecular flexibility index (Phi) is 7.08. The van der Waals surface area contributed by atoms with E-state index >= 15 is 0 Å². The first kappa shape index (κ1) is 26.0. The average Bonchev–Trinajstić information content (AvgIpc) is 3.30. The van der Waals surface area contributed by atoms with Crippen molar-refractivity contribution in [3.63, 3.8) is 0 Å². The van der Waals surface area contributed by atoms with Gasteiger partial charge in [-0.1, -0.05) is 25.0 Å². The fourth-order valence-corrected chi connectivity index (χ4v) is 8.76. The Labute approximate surface area is 229 Å². The van der Waals surface area contributed by atoms with Crippen LogP contribution < -0.4 is 4.90 Å². The molecule has 2 saturated carbocycles. The van der Waals surface area contributed by atoms with Crippen molar-refractivity contribution in [1.82, 2.24) is 4.98 Å². The Balaban J connectivity index is 1.30. The normalized spacial score (nSPS) is 28.1.